The van der Waals surface area contributed by atoms with E-state index in [-0.39, 0.29) is 18.0 Å². The van der Waals surface area contributed by atoms with Gasteiger partial charge in [0.05, 0.1) is 17.8 Å². The summed E-state index contributed by atoms with van der Waals surface area (Å²) in [7, 11) is 0. The number of nitrogens with zero attached hydrogens (tertiary/aromatic N) is 4. The van der Waals surface area contributed by atoms with Crippen molar-refractivity contribution in [2.45, 2.75) is 20.4 Å². The van der Waals surface area contributed by atoms with E-state index >= 15 is 0 Å². The number of nitriles is 1. The minimum Gasteiger partial charge on any atom is -0.494 e. The second-order valence-electron chi connectivity index (χ2n) is 6.20. The van der Waals surface area contributed by atoms with Crippen LogP contribution in [0.3, 0.4) is 0 Å². The first-order valence-electron chi connectivity index (χ1n) is 8.37. The zero-order chi connectivity index (χ0) is 19.4. The Balaban J connectivity index is 2.10. The summed E-state index contributed by atoms with van der Waals surface area (Å²) in [6.07, 6.45) is 4.72. The molecule has 1 N–H and O–H groups in total. The van der Waals surface area contributed by atoms with Gasteiger partial charge in [0.15, 0.2) is 0 Å². The monoisotopic (exact) mass is 358 g/mol. The van der Waals surface area contributed by atoms with Gasteiger partial charge in [-0.2, -0.15) is 5.26 Å². The van der Waals surface area contributed by atoms with Crippen molar-refractivity contribution in [2.75, 3.05) is 0 Å². The average Bonchev–Trinajstić information content (AvgIpc) is 2.68. The molecule has 0 bridgehead atoms. The Morgan fingerprint density at radius 1 is 1.26 bits per heavy atom. The molecule has 0 amide bonds. The molecule has 27 heavy (non-hydrogen) atoms. The number of aromatic hydroxyl groups is 1. The van der Waals surface area contributed by atoms with Gasteiger partial charge in [-0.3, -0.25) is 19.3 Å². The maximum absolute atomic E-state index is 12.6. The van der Waals surface area contributed by atoms with Gasteiger partial charge in [-0.05, 0) is 43.2 Å². The largest absolute Gasteiger partial charge is 0.494 e. The van der Waals surface area contributed by atoms with Crippen LogP contribution in [0.1, 0.15) is 27.8 Å². The van der Waals surface area contributed by atoms with Crippen LogP contribution in [0.5, 0.6) is 5.88 Å². The van der Waals surface area contributed by atoms with Crippen molar-refractivity contribution in [3.05, 3.63) is 87.0 Å². The number of rotatable bonds is 4. The van der Waals surface area contributed by atoms with Gasteiger partial charge in [0.2, 0.25) is 5.88 Å². The normalized spacial score (nSPS) is 10.9. The molecule has 0 aliphatic carbocycles. The average molecular weight is 358 g/mol. The van der Waals surface area contributed by atoms with E-state index in [1.54, 1.807) is 31.5 Å². The molecule has 0 unspecified atom stereocenters. The lowest BCUT2D eigenvalue weighted by Gasteiger charge is -2.14. The summed E-state index contributed by atoms with van der Waals surface area (Å²) in [5.74, 6) is -0.226. The highest BCUT2D eigenvalue weighted by Gasteiger charge is 2.18. The number of hydrogen-bond donors (Lipinski definition) is 1. The SMILES string of the molecule is Cc1ccc(N=Cc2c(C)c(C#N)c(=O)n(Cc3cccnc3)c2O)cc1. The summed E-state index contributed by atoms with van der Waals surface area (Å²) in [5.41, 5.74) is 2.76. The molecule has 0 aliphatic rings. The zero-order valence-corrected chi connectivity index (χ0v) is 15.0. The van der Waals surface area contributed by atoms with E-state index < -0.39 is 5.56 Å². The lowest BCUT2D eigenvalue weighted by atomic mass is 10.1. The second-order valence-corrected chi connectivity index (χ2v) is 6.20. The molecule has 0 atom stereocenters. The number of benzene rings is 1. The van der Waals surface area contributed by atoms with E-state index in [1.165, 1.54) is 10.8 Å². The van der Waals surface area contributed by atoms with Crippen LogP contribution in [0.25, 0.3) is 0 Å². The van der Waals surface area contributed by atoms with Gasteiger partial charge in [0, 0.05) is 18.6 Å². The van der Waals surface area contributed by atoms with Gasteiger partial charge >= 0.3 is 0 Å². The van der Waals surface area contributed by atoms with E-state index in [9.17, 15) is 15.2 Å². The molecule has 0 saturated heterocycles. The summed E-state index contributed by atoms with van der Waals surface area (Å²) in [6.45, 7) is 3.72. The highest BCUT2D eigenvalue weighted by Crippen LogP contribution is 2.22. The Bertz CT molecular complexity index is 1090. The number of pyridine rings is 2. The summed E-state index contributed by atoms with van der Waals surface area (Å²) in [6, 6.07) is 13.1. The predicted molar refractivity (Wildman–Crippen MR) is 104 cm³/mol. The molecule has 0 aliphatic heterocycles. The Morgan fingerprint density at radius 3 is 2.63 bits per heavy atom. The molecule has 134 valence electrons. The van der Waals surface area contributed by atoms with Crippen molar-refractivity contribution in [1.82, 2.24) is 9.55 Å². The Morgan fingerprint density at radius 2 is 2.00 bits per heavy atom. The zero-order valence-electron chi connectivity index (χ0n) is 15.0. The van der Waals surface area contributed by atoms with Gasteiger partial charge in [0.25, 0.3) is 5.56 Å². The topological polar surface area (TPSA) is 91.3 Å². The number of aliphatic imine (C=N–C) groups is 1. The Labute approximate surface area is 156 Å². The Kier molecular flexibility index (Phi) is 5.13. The quantitative estimate of drug-likeness (QED) is 0.725. The summed E-state index contributed by atoms with van der Waals surface area (Å²) < 4.78 is 1.17. The maximum atomic E-state index is 12.6. The molecular formula is C21H18N4O2. The highest BCUT2D eigenvalue weighted by atomic mass is 16.3. The van der Waals surface area contributed by atoms with E-state index in [2.05, 4.69) is 9.98 Å². The van der Waals surface area contributed by atoms with Gasteiger partial charge in [-0.25, -0.2) is 0 Å². The Hall–Kier alpha value is -3.72. The summed E-state index contributed by atoms with van der Waals surface area (Å²) in [4.78, 5) is 21.0. The number of aryl methyl sites for hydroxylation is 1. The molecule has 3 aromatic rings. The smallest absolute Gasteiger partial charge is 0.271 e. The van der Waals surface area contributed by atoms with Crippen LogP contribution in [-0.4, -0.2) is 20.9 Å². The minimum absolute atomic E-state index is 0.0120. The molecule has 0 spiro atoms. The molecule has 0 fully saturated rings. The van der Waals surface area contributed by atoms with Gasteiger partial charge in [-0.15, -0.1) is 0 Å². The first-order chi connectivity index (χ1) is 13.0. The fourth-order valence-electron chi connectivity index (χ4n) is 2.72. The van der Waals surface area contributed by atoms with E-state index in [0.29, 0.717) is 16.8 Å². The minimum atomic E-state index is -0.538. The first kappa shape index (κ1) is 18.1. The third-order valence-electron chi connectivity index (χ3n) is 4.29. The molecule has 0 saturated carbocycles. The lowest BCUT2D eigenvalue weighted by molar-refractivity contribution is 0.413. The number of aromatic nitrogens is 2. The van der Waals surface area contributed by atoms with Crippen molar-refractivity contribution in [1.29, 1.82) is 5.26 Å². The second kappa shape index (κ2) is 7.67. The van der Waals surface area contributed by atoms with Gasteiger partial charge in [-0.1, -0.05) is 23.8 Å². The van der Waals surface area contributed by atoms with Crippen LogP contribution in [0.2, 0.25) is 0 Å². The third-order valence-corrected chi connectivity index (χ3v) is 4.29. The summed E-state index contributed by atoms with van der Waals surface area (Å²) in [5, 5.41) is 20.1. The van der Waals surface area contributed by atoms with Crippen LogP contribution >= 0.6 is 0 Å². The van der Waals surface area contributed by atoms with Crippen molar-refractivity contribution in [3.63, 3.8) is 0 Å². The highest BCUT2D eigenvalue weighted by molar-refractivity contribution is 5.87. The molecular weight excluding hydrogens is 340 g/mol. The first-order valence-corrected chi connectivity index (χ1v) is 8.37. The van der Waals surface area contributed by atoms with Crippen molar-refractivity contribution < 1.29 is 5.11 Å². The maximum Gasteiger partial charge on any atom is 0.271 e. The van der Waals surface area contributed by atoms with Gasteiger partial charge in [0.1, 0.15) is 11.6 Å². The van der Waals surface area contributed by atoms with E-state index in [1.807, 2.05) is 37.3 Å². The molecule has 2 heterocycles. The standard InChI is InChI=1S/C21H18N4O2/c1-14-5-7-17(8-6-14)24-12-19-15(2)18(10-22)20(26)25(21(19)27)13-16-4-3-9-23-11-16/h3-9,11-12,27H,13H2,1-2H3. The van der Waals surface area contributed by atoms with Crippen LogP contribution < -0.4 is 5.56 Å². The van der Waals surface area contributed by atoms with Crippen molar-refractivity contribution in [2.24, 2.45) is 4.99 Å². The van der Waals surface area contributed by atoms with Crippen molar-refractivity contribution in [3.8, 4) is 11.9 Å². The van der Waals surface area contributed by atoms with Crippen LogP contribution in [0.4, 0.5) is 5.69 Å². The third kappa shape index (κ3) is 3.77. The van der Waals surface area contributed by atoms with E-state index in [4.69, 9.17) is 0 Å². The predicted octanol–water partition coefficient (Wildman–Crippen LogP) is 3.24. The molecule has 2 aromatic heterocycles. The van der Waals surface area contributed by atoms with Crippen LogP contribution in [0, 0.1) is 25.2 Å². The molecule has 0 radical (unpaired) electrons. The van der Waals surface area contributed by atoms with E-state index in [0.717, 1.165) is 11.1 Å². The molecule has 6 heteroatoms. The summed E-state index contributed by atoms with van der Waals surface area (Å²) >= 11 is 0. The molecule has 6 nitrogen and oxygen atoms in total. The molecule has 1 aromatic carbocycles. The number of hydrogen-bond acceptors (Lipinski definition) is 5. The van der Waals surface area contributed by atoms with Crippen molar-refractivity contribution >= 4 is 11.9 Å². The van der Waals surface area contributed by atoms with Gasteiger partial charge < -0.3 is 5.11 Å². The fourth-order valence-corrected chi connectivity index (χ4v) is 2.72. The molecule has 3 rings (SSSR count). The lowest BCUT2D eigenvalue weighted by Crippen LogP contribution is -2.26. The fraction of sp³-hybridized carbons (Fsp3) is 0.143. The van der Waals surface area contributed by atoms with Crippen LogP contribution in [-0.2, 0) is 6.54 Å². The van der Waals surface area contributed by atoms with Crippen LogP contribution in [0.15, 0.2) is 58.6 Å².